The van der Waals surface area contributed by atoms with Crippen LogP contribution in [-0.4, -0.2) is 75.9 Å². The Labute approximate surface area is 245 Å². The maximum Gasteiger partial charge on any atom is 0.261 e. The van der Waals surface area contributed by atoms with E-state index in [1.54, 1.807) is 25.1 Å². The van der Waals surface area contributed by atoms with Crippen LogP contribution < -0.4 is 9.46 Å². The quantitative estimate of drug-likeness (QED) is 0.376. The average molecular weight is 620 g/mol. The Balaban J connectivity index is 1.68. The molecule has 42 heavy (non-hydrogen) atoms. The van der Waals surface area contributed by atoms with Gasteiger partial charge in [-0.15, -0.1) is 0 Å². The second kappa shape index (κ2) is 12.8. The fraction of sp³-hybridized carbons (Fsp3) is 0.345. The van der Waals surface area contributed by atoms with Gasteiger partial charge in [-0.3, -0.25) is 9.52 Å². The standard InChI is InChI=1S/C29H34FN3O7S2/c1-20-17-33(21(2)19-34)29(35)16-22-15-24(31-41(36,37)25-12-9-23(30)10-13-25)11-14-27(22)40-28(20)18-32(3)42(38,39)26-7-5-4-6-8-26/h4-15,20-21,28,31,34H,16-19H2,1-3H3/t20-,21-,28-/m0/s1. The van der Waals surface area contributed by atoms with Crippen molar-refractivity contribution in [2.45, 2.75) is 42.2 Å². The topological polar surface area (TPSA) is 133 Å². The van der Waals surface area contributed by atoms with Crippen LogP contribution in [0.15, 0.2) is 82.6 Å². The molecule has 0 aliphatic carbocycles. The zero-order chi connectivity index (χ0) is 30.7. The van der Waals surface area contributed by atoms with Gasteiger partial charge in [0.05, 0.1) is 35.4 Å². The van der Waals surface area contributed by atoms with E-state index in [1.807, 2.05) is 6.92 Å². The zero-order valence-corrected chi connectivity index (χ0v) is 25.1. The highest BCUT2D eigenvalue weighted by atomic mass is 32.2. The molecular weight excluding hydrogens is 585 g/mol. The van der Waals surface area contributed by atoms with Crippen molar-refractivity contribution in [1.29, 1.82) is 0 Å². The first-order valence-electron chi connectivity index (χ1n) is 13.3. The Morgan fingerprint density at radius 1 is 1.05 bits per heavy atom. The normalized spacial score (nSPS) is 18.8. The molecule has 0 aromatic heterocycles. The monoisotopic (exact) mass is 619 g/mol. The molecule has 0 saturated carbocycles. The van der Waals surface area contributed by atoms with Crippen LogP contribution in [0.25, 0.3) is 0 Å². The van der Waals surface area contributed by atoms with Crippen molar-refractivity contribution in [2.75, 3.05) is 31.5 Å². The molecule has 10 nitrogen and oxygen atoms in total. The summed E-state index contributed by atoms with van der Waals surface area (Å²) in [7, 11) is -6.44. The molecule has 0 bridgehead atoms. The van der Waals surface area contributed by atoms with Crippen molar-refractivity contribution in [2.24, 2.45) is 5.92 Å². The molecule has 0 spiro atoms. The number of aliphatic hydroxyl groups is 1. The highest BCUT2D eigenvalue weighted by Gasteiger charge is 2.33. The van der Waals surface area contributed by atoms with Gasteiger partial charge in [-0.2, -0.15) is 4.31 Å². The second-order valence-electron chi connectivity index (χ2n) is 10.4. The first kappa shape index (κ1) is 31.4. The van der Waals surface area contributed by atoms with Crippen molar-refractivity contribution in [3.8, 4) is 5.75 Å². The molecule has 3 atom stereocenters. The van der Waals surface area contributed by atoms with E-state index in [2.05, 4.69) is 4.72 Å². The number of hydrogen-bond donors (Lipinski definition) is 2. The van der Waals surface area contributed by atoms with Crippen LogP contribution in [0, 0.1) is 11.7 Å². The Bertz CT molecular complexity index is 1620. The summed E-state index contributed by atoms with van der Waals surface area (Å²) in [6.07, 6.45) is -0.850. The second-order valence-corrected chi connectivity index (χ2v) is 14.1. The van der Waals surface area contributed by atoms with E-state index >= 15 is 0 Å². The molecule has 0 radical (unpaired) electrons. The molecule has 1 aliphatic heterocycles. The number of sulfonamides is 2. The smallest absolute Gasteiger partial charge is 0.261 e. The number of likely N-dealkylation sites (N-methyl/N-ethyl adjacent to an activating group) is 1. The number of rotatable bonds is 9. The molecule has 13 heteroatoms. The van der Waals surface area contributed by atoms with E-state index in [9.17, 15) is 31.1 Å². The Kier molecular flexibility index (Phi) is 9.56. The van der Waals surface area contributed by atoms with Crippen LogP contribution >= 0.6 is 0 Å². The number of hydrogen-bond acceptors (Lipinski definition) is 7. The first-order valence-corrected chi connectivity index (χ1v) is 16.2. The summed E-state index contributed by atoms with van der Waals surface area (Å²) in [6, 6.07) is 16.3. The van der Waals surface area contributed by atoms with Crippen molar-refractivity contribution in [3.63, 3.8) is 0 Å². The van der Waals surface area contributed by atoms with E-state index in [0.717, 1.165) is 24.3 Å². The summed E-state index contributed by atoms with van der Waals surface area (Å²) >= 11 is 0. The van der Waals surface area contributed by atoms with Crippen LogP contribution in [0.5, 0.6) is 5.75 Å². The van der Waals surface area contributed by atoms with Crippen LogP contribution in [0.1, 0.15) is 19.4 Å². The van der Waals surface area contributed by atoms with Gasteiger partial charge < -0.3 is 14.7 Å². The minimum absolute atomic E-state index is 0.0354. The number of nitrogens with one attached hydrogen (secondary N) is 1. The Hall–Kier alpha value is -3.52. The third kappa shape index (κ3) is 7.09. The van der Waals surface area contributed by atoms with Gasteiger partial charge in [-0.1, -0.05) is 25.1 Å². The molecule has 226 valence electrons. The Morgan fingerprint density at radius 2 is 1.71 bits per heavy atom. The predicted octanol–water partition coefficient (Wildman–Crippen LogP) is 3.10. The number of amides is 1. The third-order valence-corrected chi connectivity index (χ3v) is 10.4. The number of halogens is 1. The fourth-order valence-corrected chi connectivity index (χ4v) is 6.92. The number of fused-ring (bicyclic) bond motifs is 1. The molecule has 1 heterocycles. The average Bonchev–Trinajstić information content (AvgIpc) is 3.00. The number of ether oxygens (including phenoxy) is 1. The lowest BCUT2D eigenvalue weighted by molar-refractivity contribution is -0.134. The summed E-state index contributed by atoms with van der Waals surface area (Å²) in [5.74, 6) is -0.931. The minimum atomic E-state index is -4.06. The molecule has 0 saturated heterocycles. The lowest BCUT2D eigenvalue weighted by Gasteiger charge is -2.33. The summed E-state index contributed by atoms with van der Waals surface area (Å²) < 4.78 is 75.6. The molecule has 0 fully saturated rings. The summed E-state index contributed by atoms with van der Waals surface area (Å²) in [5.41, 5.74) is 0.533. The van der Waals surface area contributed by atoms with E-state index in [4.69, 9.17) is 4.74 Å². The number of carbonyl (C=O) groups excluding carboxylic acids is 1. The molecule has 2 N–H and O–H groups in total. The molecular formula is C29H34FN3O7S2. The summed E-state index contributed by atoms with van der Waals surface area (Å²) in [6.45, 7) is 3.43. The molecule has 1 aliphatic rings. The highest BCUT2D eigenvalue weighted by Crippen LogP contribution is 2.30. The minimum Gasteiger partial charge on any atom is -0.488 e. The van der Waals surface area contributed by atoms with Crippen LogP contribution in [0.2, 0.25) is 0 Å². The van der Waals surface area contributed by atoms with Crippen LogP contribution in [0.3, 0.4) is 0 Å². The predicted molar refractivity (Wildman–Crippen MR) is 155 cm³/mol. The van der Waals surface area contributed by atoms with Crippen LogP contribution in [0.4, 0.5) is 10.1 Å². The van der Waals surface area contributed by atoms with Crippen molar-refractivity contribution in [1.82, 2.24) is 9.21 Å². The maximum atomic E-state index is 13.4. The van der Waals surface area contributed by atoms with E-state index in [1.165, 1.54) is 46.6 Å². The maximum absolute atomic E-state index is 13.4. The number of benzene rings is 3. The van der Waals surface area contributed by atoms with Crippen LogP contribution in [-0.2, 0) is 31.3 Å². The van der Waals surface area contributed by atoms with E-state index < -0.39 is 38.0 Å². The van der Waals surface area contributed by atoms with Gasteiger partial charge in [0.25, 0.3) is 10.0 Å². The summed E-state index contributed by atoms with van der Waals surface area (Å²) in [5, 5.41) is 9.85. The van der Waals surface area contributed by atoms with E-state index in [-0.39, 0.29) is 53.4 Å². The van der Waals surface area contributed by atoms with Gasteiger partial charge in [0.15, 0.2) is 0 Å². The van der Waals surface area contributed by atoms with Gasteiger partial charge in [-0.05, 0) is 61.5 Å². The van der Waals surface area contributed by atoms with Gasteiger partial charge in [0.2, 0.25) is 15.9 Å². The molecule has 3 aromatic carbocycles. The zero-order valence-electron chi connectivity index (χ0n) is 23.5. The van der Waals surface area contributed by atoms with Gasteiger partial charge >= 0.3 is 0 Å². The molecule has 3 aromatic rings. The lowest BCUT2D eigenvalue weighted by atomic mass is 10.0. The number of anilines is 1. The first-order chi connectivity index (χ1) is 19.8. The summed E-state index contributed by atoms with van der Waals surface area (Å²) in [4.78, 5) is 14.9. The number of nitrogens with zero attached hydrogens (tertiary/aromatic N) is 2. The number of carbonyl (C=O) groups is 1. The van der Waals surface area contributed by atoms with Crippen molar-refractivity contribution in [3.05, 3.63) is 84.2 Å². The van der Waals surface area contributed by atoms with E-state index in [0.29, 0.717) is 11.3 Å². The largest absolute Gasteiger partial charge is 0.488 e. The number of aliphatic hydroxyl groups excluding tert-OH is 1. The Morgan fingerprint density at radius 3 is 2.36 bits per heavy atom. The van der Waals surface area contributed by atoms with Crippen molar-refractivity contribution >= 4 is 31.6 Å². The van der Waals surface area contributed by atoms with Gasteiger partial charge in [-0.25, -0.2) is 21.2 Å². The lowest BCUT2D eigenvalue weighted by Crippen LogP contribution is -2.48. The fourth-order valence-electron chi connectivity index (χ4n) is 4.66. The highest BCUT2D eigenvalue weighted by molar-refractivity contribution is 7.92. The third-order valence-electron chi connectivity index (χ3n) is 7.18. The molecule has 4 rings (SSSR count). The SMILES string of the molecule is C[C@H]1CN([C@@H](C)CO)C(=O)Cc2cc(NS(=O)(=O)c3ccc(F)cc3)ccc2O[C@H]1CN(C)S(=O)(=O)c1ccccc1. The van der Waals surface area contributed by atoms with Crippen molar-refractivity contribution < 1.29 is 35.9 Å². The molecule has 0 unspecified atom stereocenters. The van der Waals surface area contributed by atoms with Gasteiger partial charge in [0.1, 0.15) is 17.7 Å². The van der Waals surface area contributed by atoms with Gasteiger partial charge in [0, 0.05) is 30.8 Å². The molecule has 1 amide bonds.